The van der Waals surface area contributed by atoms with Crippen LogP contribution in [-0.4, -0.2) is 29.1 Å². The third-order valence-corrected chi connectivity index (χ3v) is 7.88. The number of non-ortho nitro benzene ring substituents is 1. The average Bonchev–Trinajstić information content (AvgIpc) is 3.16. The monoisotopic (exact) mass is 483 g/mol. The second-order valence-electron chi connectivity index (χ2n) is 8.40. The number of sulfone groups is 1. The van der Waals surface area contributed by atoms with Gasteiger partial charge in [0.05, 0.1) is 21.2 Å². The third-order valence-electron chi connectivity index (χ3n) is 5.98. The lowest BCUT2D eigenvalue weighted by Crippen LogP contribution is -2.19. The zero-order valence-corrected chi connectivity index (χ0v) is 19.5. The van der Waals surface area contributed by atoms with E-state index in [0.29, 0.717) is 5.69 Å². The summed E-state index contributed by atoms with van der Waals surface area (Å²) in [4.78, 5) is 22.9. The Labute approximate surface area is 197 Å². The minimum atomic E-state index is -4.19. The first-order valence-corrected chi connectivity index (χ1v) is 12.6. The minimum absolute atomic E-state index is 0.154. The lowest BCUT2D eigenvalue weighted by atomic mass is 9.87. The van der Waals surface area contributed by atoms with Crippen LogP contribution in [0.4, 0.5) is 5.69 Å². The van der Waals surface area contributed by atoms with E-state index in [0.717, 1.165) is 44.2 Å². The van der Waals surface area contributed by atoms with E-state index in [1.807, 2.05) is 6.07 Å². The van der Waals surface area contributed by atoms with Gasteiger partial charge >= 0.3 is 5.97 Å². The van der Waals surface area contributed by atoms with Crippen LogP contribution in [0, 0.1) is 23.0 Å². The molecule has 9 nitrogen and oxygen atoms in total. The number of aromatic nitrogens is 2. The Bertz CT molecular complexity index is 1290. The smallest absolute Gasteiger partial charge is 0.312 e. The van der Waals surface area contributed by atoms with Crippen LogP contribution in [0.5, 0.6) is 5.88 Å². The molecule has 1 saturated carbocycles. The maximum Gasteiger partial charge on any atom is 0.312 e. The highest BCUT2D eigenvalue weighted by Crippen LogP contribution is 2.36. The van der Waals surface area contributed by atoms with E-state index >= 15 is 0 Å². The van der Waals surface area contributed by atoms with Crippen molar-refractivity contribution in [2.45, 2.75) is 55.2 Å². The number of esters is 1. The van der Waals surface area contributed by atoms with Crippen LogP contribution in [0.2, 0.25) is 0 Å². The second kappa shape index (κ2) is 9.76. The summed E-state index contributed by atoms with van der Waals surface area (Å²) in [5.74, 6) is -0.475. The van der Waals surface area contributed by atoms with E-state index in [1.54, 1.807) is 24.3 Å². The van der Waals surface area contributed by atoms with Gasteiger partial charge in [0.15, 0.2) is 4.90 Å². The van der Waals surface area contributed by atoms with Gasteiger partial charge in [-0.3, -0.25) is 14.9 Å². The van der Waals surface area contributed by atoms with E-state index in [2.05, 4.69) is 5.10 Å². The maximum absolute atomic E-state index is 13.6. The molecular formula is C24H25N3O6S. The van der Waals surface area contributed by atoms with Gasteiger partial charge in [-0.25, -0.2) is 8.42 Å². The van der Waals surface area contributed by atoms with Crippen LogP contribution in [0.1, 0.15) is 44.2 Å². The quantitative estimate of drug-likeness (QED) is 0.269. The summed E-state index contributed by atoms with van der Waals surface area (Å²) in [6.07, 6.45) is 5.39. The fourth-order valence-electron chi connectivity index (χ4n) is 4.28. The number of nitro benzene ring substituents is 1. The number of benzene rings is 2. The lowest BCUT2D eigenvalue weighted by Gasteiger charge is -2.20. The Balaban J connectivity index is 1.76. The van der Waals surface area contributed by atoms with Crippen molar-refractivity contribution >= 4 is 21.5 Å². The van der Waals surface area contributed by atoms with Crippen LogP contribution in [-0.2, 0) is 14.6 Å². The Morgan fingerprint density at radius 1 is 1.09 bits per heavy atom. The molecule has 0 unspecified atom stereocenters. The van der Waals surface area contributed by atoms with Crippen molar-refractivity contribution < 1.29 is 22.9 Å². The molecule has 0 atom stereocenters. The topological polar surface area (TPSA) is 121 Å². The molecule has 0 saturated heterocycles. The summed E-state index contributed by atoms with van der Waals surface area (Å²) in [7, 11) is -4.19. The van der Waals surface area contributed by atoms with Crippen molar-refractivity contribution in [1.82, 2.24) is 9.78 Å². The summed E-state index contributed by atoms with van der Waals surface area (Å²) in [5.41, 5.74) is 0.466. The fourth-order valence-corrected chi connectivity index (χ4v) is 5.79. The Morgan fingerprint density at radius 2 is 1.74 bits per heavy atom. The van der Waals surface area contributed by atoms with Crippen LogP contribution in [0.25, 0.3) is 5.69 Å². The summed E-state index contributed by atoms with van der Waals surface area (Å²) >= 11 is 0. The van der Waals surface area contributed by atoms with Crippen molar-refractivity contribution in [2.24, 2.45) is 5.92 Å². The molecule has 1 aliphatic carbocycles. The summed E-state index contributed by atoms with van der Waals surface area (Å²) < 4.78 is 34.1. The number of carbonyl (C=O) groups is 1. The molecule has 3 aromatic rings. The van der Waals surface area contributed by atoms with Gasteiger partial charge in [-0.2, -0.15) is 9.78 Å². The highest BCUT2D eigenvalue weighted by atomic mass is 32.2. The predicted octanol–water partition coefficient (Wildman–Crippen LogP) is 4.80. The second-order valence-corrected chi connectivity index (χ2v) is 10.3. The van der Waals surface area contributed by atoms with Gasteiger partial charge in [0, 0.05) is 18.6 Å². The van der Waals surface area contributed by atoms with Gasteiger partial charge in [0.25, 0.3) is 5.69 Å². The molecule has 34 heavy (non-hydrogen) atoms. The first-order chi connectivity index (χ1) is 16.3. The number of carbonyl (C=O) groups excluding carboxylic acids is 1. The van der Waals surface area contributed by atoms with Gasteiger partial charge < -0.3 is 4.74 Å². The highest BCUT2D eigenvalue weighted by molar-refractivity contribution is 7.91. The molecular weight excluding hydrogens is 458 g/mol. The molecule has 10 heteroatoms. The summed E-state index contributed by atoms with van der Waals surface area (Å²) in [6.45, 7) is 1.52. The van der Waals surface area contributed by atoms with Gasteiger partial charge in [0.2, 0.25) is 15.7 Å². The Kier molecular flexibility index (Phi) is 6.78. The molecule has 1 aromatic heterocycles. The largest absolute Gasteiger partial charge is 0.406 e. The summed E-state index contributed by atoms with van der Waals surface area (Å²) in [6, 6.07) is 13.4. The van der Waals surface area contributed by atoms with Crippen LogP contribution in [0.3, 0.4) is 0 Å². The van der Waals surface area contributed by atoms with Crippen molar-refractivity contribution in [3.05, 3.63) is 70.4 Å². The molecule has 1 fully saturated rings. The molecule has 0 amide bonds. The molecule has 178 valence electrons. The average molecular weight is 484 g/mol. The van der Waals surface area contributed by atoms with Crippen LogP contribution < -0.4 is 4.74 Å². The van der Waals surface area contributed by atoms with Crippen LogP contribution >= 0.6 is 0 Å². The van der Waals surface area contributed by atoms with E-state index in [1.165, 1.54) is 23.7 Å². The van der Waals surface area contributed by atoms with E-state index < -0.39 is 20.7 Å². The predicted molar refractivity (Wildman–Crippen MR) is 124 cm³/mol. The standard InChI is InChI=1S/C24H25N3O6S/c1-17-23(34(31,32)21-14-12-20(13-15-21)27(29)30)24(26(25-17)19-10-6-3-7-11-19)33-22(28)16-18-8-4-2-5-9-18/h3,6-7,10-15,18H,2,4-5,8-9,16H2,1H3. The molecule has 1 aliphatic rings. The van der Waals surface area contributed by atoms with Gasteiger partial charge in [-0.05, 0) is 49.9 Å². The van der Waals surface area contributed by atoms with Gasteiger partial charge in [-0.1, -0.05) is 37.5 Å². The first kappa shape index (κ1) is 23.6. The zero-order chi connectivity index (χ0) is 24.3. The number of rotatable bonds is 7. The van der Waals surface area contributed by atoms with E-state index in [4.69, 9.17) is 4.74 Å². The van der Waals surface area contributed by atoms with E-state index in [-0.39, 0.29) is 39.4 Å². The molecule has 0 spiro atoms. The SMILES string of the molecule is Cc1nn(-c2ccccc2)c(OC(=O)CC2CCCCC2)c1S(=O)(=O)c1ccc([N+](=O)[O-])cc1. The normalized spacial score (nSPS) is 14.6. The molecule has 0 radical (unpaired) electrons. The molecule has 4 rings (SSSR count). The van der Waals surface area contributed by atoms with Crippen molar-refractivity contribution in [1.29, 1.82) is 0 Å². The van der Waals surface area contributed by atoms with Crippen molar-refractivity contribution in [3.8, 4) is 11.6 Å². The molecule has 0 aliphatic heterocycles. The number of aryl methyl sites for hydroxylation is 1. The number of hydrogen-bond donors (Lipinski definition) is 0. The zero-order valence-electron chi connectivity index (χ0n) is 18.7. The maximum atomic E-state index is 13.6. The third kappa shape index (κ3) is 4.86. The Hall–Kier alpha value is -3.53. The van der Waals surface area contributed by atoms with Crippen LogP contribution in [0.15, 0.2) is 64.4 Å². The first-order valence-electron chi connectivity index (χ1n) is 11.1. The number of nitro groups is 1. The highest BCUT2D eigenvalue weighted by Gasteiger charge is 2.33. The molecule has 2 aromatic carbocycles. The fraction of sp³-hybridized carbons (Fsp3) is 0.333. The number of nitrogens with zero attached hydrogens (tertiary/aromatic N) is 3. The molecule has 1 heterocycles. The molecule has 0 bridgehead atoms. The number of para-hydroxylation sites is 1. The van der Waals surface area contributed by atoms with Crippen molar-refractivity contribution in [2.75, 3.05) is 0 Å². The van der Waals surface area contributed by atoms with Crippen molar-refractivity contribution in [3.63, 3.8) is 0 Å². The van der Waals surface area contributed by atoms with Gasteiger partial charge in [-0.15, -0.1) is 0 Å². The number of hydrogen-bond acceptors (Lipinski definition) is 7. The number of ether oxygens (including phenoxy) is 1. The molecule has 0 N–H and O–H groups in total. The Morgan fingerprint density at radius 3 is 2.35 bits per heavy atom. The van der Waals surface area contributed by atoms with E-state index in [9.17, 15) is 23.3 Å². The van der Waals surface area contributed by atoms with Gasteiger partial charge in [0.1, 0.15) is 0 Å². The lowest BCUT2D eigenvalue weighted by molar-refractivity contribution is -0.384. The minimum Gasteiger partial charge on any atom is -0.406 e. The summed E-state index contributed by atoms with van der Waals surface area (Å²) in [5, 5.41) is 15.3.